The molecule has 0 aliphatic carbocycles. The van der Waals surface area contributed by atoms with Crippen LogP contribution in [0.25, 0.3) is 16.8 Å². The lowest BCUT2D eigenvalue weighted by Gasteiger charge is -2.09. The Balaban J connectivity index is 2.15. The lowest BCUT2D eigenvalue weighted by molar-refractivity contribution is 0.0948. The fourth-order valence-electron chi connectivity index (χ4n) is 2.64. The number of fused-ring (bicyclic) bond motifs is 1. The Hall–Kier alpha value is -3.56. The largest absolute Gasteiger partial charge is 0.351 e. The number of aromatic nitrogens is 3. The van der Waals surface area contributed by atoms with Crippen LogP contribution >= 0.6 is 0 Å². The van der Waals surface area contributed by atoms with Gasteiger partial charge >= 0.3 is 6.03 Å². The molecule has 3 amide bonds. The Morgan fingerprint density at radius 2 is 1.86 bits per heavy atom. The van der Waals surface area contributed by atoms with Crippen molar-refractivity contribution in [2.75, 3.05) is 18.4 Å². The number of benzene rings is 1. The zero-order valence-electron chi connectivity index (χ0n) is 15.2. The second-order valence-corrected chi connectivity index (χ2v) is 5.78. The molecule has 1 aromatic carbocycles. The van der Waals surface area contributed by atoms with Gasteiger partial charge in [0.05, 0.1) is 0 Å². The van der Waals surface area contributed by atoms with E-state index >= 15 is 0 Å². The molecule has 146 valence electrons. The van der Waals surface area contributed by atoms with Gasteiger partial charge in [0.15, 0.2) is 17.3 Å². The molecule has 0 atom stereocenters. The van der Waals surface area contributed by atoms with Crippen LogP contribution in [0.1, 0.15) is 24.3 Å². The van der Waals surface area contributed by atoms with Crippen molar-refractivity contribution < 1.29 is 18.4 Å². The van der Waals surface area contributed by atoms with Gasteiger partial charge in [-0.3, -0.25) is 10.1 Å². The first kappa shape index (κ1) is 19.2. The van der Waals surface area contributed by atoms with Crippen molar-refractivity contribution in [1.29, 1.82) is 0 Å². The number of rotatable bonds is 5. The number of carbonyl (C=O) groups excluding carboxylic acids is 2. The first-order valence-electron chi connectivity index (χ1n) is 8.62. The Kier molecular flexibility index (Phi) is 5.48. The normalized spacial score (nSPS) is 10.7. The van der Waals surface area contributed by atoms with Crippen molar-refractivity contribution in [1.82, 2.24) is 25.2 Å². The summed E-state index contributed by atoms with van der Waals surface area (Å²) in [5.74, 6) is -2.54. The number of amides is 3. The highest BCUT2D eigenvalue weighted by molar-refractivity contribution is 5.95. The topological polar surface area (TPSA) is 100 Å². The van der Waals surface area contributed by atoms with Crippen molar-refractivity contribution >= 4 is 23.5 Å². The minimum Gasteiger partial charge on any atom is -0.351 e. The Bertz CT molecular complexity index is 1050. The summed E-state index contributed by atoms with van der Waals surface area (Å²) in [7, 11) is 0. The summed E-state index contributed by atoms with van der Waals surface area (Å²) in [4.78, 5) is 28.3. The van der Waals surface area contributed by atoms with Gasteiger partial charge in [-0.05, 0) is 37.6 Å². The van der Waals surface area contributed by atoms with Gasteiger partial charge in [0, 0.05) is 18.7 Å². The molecule has 28 heavy (non-hydrogen) atoms. The second kappa shape index (κ2) is 7.99. The van der Waals surface area contributed by atoms with E-state index in [9.17, 15) is 18.4 Å². The fourth-order valence-corrected chi connectivity index (χ4v) is 2.64. The monoisotopic (exact) mass is 388 g/mol. The van der Waals surface area contributed by atoms with Gasteiger partial charge in [-0.15, -0.1) is 5.10 Å². The van der Waals surface area contributed by atoms with Crippen LogP contribution in [0.15, 0.2) is 30.3 Å². The van der Waals surface area contributed by atoms with Crippen molar-refractivity contribution in [2.24, 2.45) is 0 Å². The minimum absolute atomic E-state index is 0.0192. The van der Waals surface area contributed by atoms with Crippen LogP contribution in [-0.4, -0.2) is 39.6 Å². The van der Waals surface area contributed by atoms with E-state index in [-0.39, 0.29) is 28.4 Å². The number of pyridine rings is 1. The first-order chi connectivity index (χ1) is 13.4. The van der Waals surface area contributed by atoms with E-state index in [0.717, 1.165) is 6.07 Å². The molecule has 0 saturated heterocycles. The van der Waals surface area contributed by atoms with Gasteiger partial charge in [0.1, 0.15) is 5.69 Å². The number of carbonyl (C=O) groups is 2. The number of nitrogens with zero attached hydrogens (tertiary/aromatic N) is 3. The number of urea groups is 1. The number of nitrogens with one attached hydrogen (secondary N) is 3. The van der Waals surface area contributed by atoms with Crippen molar-refractivity contribution in [3.8, 4) is 11.1 Å². The van der Waals surface area contributed by atoms with E-state index in [1.165, 1.54) is 28.8 Å². The molecule has 8 nitrogen and oxygen atoms in total. The van der Waals surface area contributed by atoms with Gasteiger partial charge in [0.25, 0.3) is 11.9 Å². The smallest absolute Gasteiger partial charge is 0.321 e. The SMILES string of the molecule is CCNC(=O)Nc1nc2cc(-c3cccc(F)c3F)cc(C(=O)NCC)n2n1. The number of halogens is 2. The molecular weight excluding hydrogens is 370 g/mol. The van der Waals surface area contributed by atoms with E-state index in [1.807, 2.05) is 0 Å². The molecule has 0 aliphatic heterocycles. The van der Waals surface area contributed by atoms with Crippen molar-refractivity contribution in [2.45, 2.75) is 13.8 Å². The second-order valence-electron chi connectivity index (χ2n) is 5.78. The number of anilines is 1. The van der Waals surface area contributed by atoms with Gasteiger partial charge in [-0.25, -0.2) is 18.1 Å². The number of hydrogen-bond acceptors (Lipinski definition) is 4. The first-order valence-corrected chi connectivity index (χ1v) is 8.62. The molecule has 0 fully saturated rings. The molecule has 10 heteroatoms. The van der Waals surface area contributed by atoms with E-state index in [1.54, 1.807) is 13.8 Å². The predicted molar refractivity (Wildman–Crippen MR) is 99.0 cm³/mol. The standard InChI is InChI=1S/C18H18F2N6O2/c1-3-21-16(27)13-8-10(11-6-5-7-12(19)15(11)20)9-14-23-17(25-26(13)14)24-18(28)22-4-2/h5-9H,3-4H2,1-2H3,(H,21,27)(H2,22,24,25,28). The van der Waals surface area contributed by atoms with Gasteiger partial charge in [0.2, 0.25) is 0 Å². The Morgan fingerprint density at radius 3 is 2.57 bits per heavy atom. The summed E-state index contributed by atoms with van der Waals surface area (Å²) >= 11 is 0. The minimum atomic E-state index is -1.03. The maximum atomic E-state index is 14.2. The average Bonchev–Trinajstić information content (AvgIpc) is 3.05. The van der Waals surface area contributed by atoms with E-state index in [4.69, 9.17) is 0 Å². The van der Waals surface area contributed by atoms with Crippen LogP contribution in [0.4, 0.5) is 19.5 Å². The zero-order chi connectivity index (χ0) is 20.3. The van der Waals surface area contributed by atoms with Gasteiger partial charge in [-0.1, -0.05) is 12.1 Å². The Morgan fingerprint density at radius 1 is 1.11 bits per heavy atom. The summed E-state index contributed by atoms with van der Waals surface area (Å²) in [5, 5.41) is 11.7. The summed E-state index contributed by atoms with van der Waals surface area (Å²) in [6.07, 6.45) is 0. The summed E-state index contributed by atoms with van der Waals surface area (Å²) in [6.45, 7) is 4.27. The summed E-state index contributed by atoms with van der Waals surface area (Å²) < 4.78 is 29.1. The van der Waals surface area contributed by atoms with E-state index in [0.29, 0.717) is 13.1 Å². The van der Waals surface area contributed by atoms with Crippen LogP contribution in [0, 0.1) is 11.6 Å². The molecule has 2 heterocycles. The predicted octanol–water partition coefficient (Wildman–Crippen LogP) is 2.57. The lowest BCUT2D eigenvalue weighted by Crippen LogP contribution is -2.28. The van der Waals surface area contributed by atoms with E-state index in [2.05, 4.69) is 26.0 Å². The van der Waals surface area contributed by atoms with Crippen LogP contribution in [0.5, 0.6) is 0 Å². The third-order valence-corrected chi connectivity index (χ3v) is 3.83. The molecular formula is C18H18F2N6O2. The maximum Gasteiger partial charge on any atom is 0.321 e. The highest BCUT2D eigenvalue weighted by Gasteiger charge is 2.19. The maximum absolute atomic E-state index is 14.2. The fraction of sp³-hybridized carbons (Fsp3) is 0.222. The van der Waals surface area contributed by atoms with Crippen LogP contribution in [0.2, 0.25) is 0 Å². The van der Waals surface area contributed by atoms with Gasteiger partial charge in [-0.2, -0.15) is 4.98 Å². The van der Waals surface area contributed by atoms with Crippen molar-refractivity contribution in [3.63, 3.8) is 0 Å². The van der Waals surface area contributed by atoms with Crippen molar-refractivity contribution in [3.05, 3.63) is 47.7 Å². The van der Waals surface area contributed by atoms with E-state index < -0.39 is 23.6 Å². The molecule has 0 aliphatic rings. The quantitative estimate of drug-likeness (QED) is 0.625. The highest BCUT2D eigenvalue weighted by Crippen LogP contribution is 2.27. The third-order valence-electron chi connectivity index (χ3n) is 3.83. The molecule has 3 rings (SSSR count). The van der Waals surface area contributed by atoms with Crippen LogP contribution in [-0.2, 0) is 0 Å². The third kappa shape index (κ3) is 3.75. The van der Waals surface area contributed by atoms with Crippen LogP contribution < -0.4 is 16.0 Å². The molecule has 0 spiro atoms. The summed E-state index contributed by atoms with van der Waals surface area (Å²) in [5.41, 5.74) is 0.487. The molecule has 2 aromatic heterocycles. The highest BCUT2D eigenvalue weighted by atomic mass is 19.2. The zero-order valence-corrected chi connectivity index (χ0v) is 15.2. The molecule has 3 aromatic rings. The molecule has 0 unspecified atom stereocenters. The summed E-state index contributed by atoms with van der Waals surface area (Å²) in [6, 6.07) is 6.12. The number of hydrogen-bond donors (Lipinski definition) is 3. The molecule has 3 N–H and O–H groups in total. The van der Waals surface area contributed by atoms with Crippen LogP contribution in [0.3, 0.4) is 0 Å². The average molecular weight is 388 g/mol. The molecule has 0 bridgehead atoms. The van der Waals surface area contributed by atoms with Gasteiger partial charge < -0.3 is 10.6 Å². The molecule has 0 saturated carbocycles. The Labute approximate surface area is 159 Å². The molecule has 0 radical (unpaired) electrons. The lowest BCUT2D eigenvalue weighted by atomic mass is 10.0.